The third-order valence-corrected chi connectivity index (χ3v) is 4.82. The molecule has 1 saturated heterocycles. The van der Waals surface area contributed by atoms with Crippen molar-refractivity contribution in [2.75, 3.05) is 25.0 Å². The second kappa shape index (κ2) is 5.23. The summed E-state index contributed by atoms with van der Waals surface area (Å²) >= 11 is 0. The fourth-order valence-electron chi connectivity index (χ4n) is 3.09. The van der Waals surface area contributed by atoms with Crippen LogP contribution in [0.5, 0.6) is 0 Å². The highest BCUT2D eigenvalue weighted by atomic mass is 16.5. The first kappa shape index (κ1) is 13.8. The number of hydrogen-bond donors (Lipinski definition) is 0. The van der Waals surface area contributed by atoms with E-state index in [0.717, 1.165) is 30.4 Å². The Morgan fingerprint density at radius 2 is 2.12 bits per heavy atom. The molecule has 2 fully saturated rings. The van der Waals surface area contributed by atoms with Crippen molar-refractivity contribution in [2.45, 2.75) is 31.3 Å². The fraction of sp³-hybridized carbons (Fsp3) is 0.533. The SMILES string of the molecule is CN(Cc1ncno1)C1CN(c2ccc3nnc(C4CC4)n3n2)C1. The number of hydrogen-bond acceptors (Lipinski definition) is 8. The summed E-state index contributed by atoms with van der Waals surface area (Å²) in [4.78, 5) is 8.57. The zero-order chi connectivity index (χ0) is 16.1. The number of anilines is 1. The summed E-state index contributed by atoms with van der Waals surface area (Å²) in [6, 6.07) is 4.48. The molecule has 1 saturated carbocycles. The summed E-state index contributed by atoms with van der Waals surface area (Å²) in [7, 11) is 2.08. The van der Waals surface area contributed by atoms with Crippen LogP contribution in [0.3, 0.4) is 0 Å². The molecule has 1 aliphatic carbocycles. The number of rotatable bonds is 5. The van der Waals surface area contributed by atoms with Gasteiger partial charge in [0.15, 0.2) is 17.8 Å². The standard InChI is InChI=1S/C15H18N8O/c1-21(8-14-16-9-17-24-14)11-6-22(7-11)13-5-4-12-18-19-15(10-2-3-10)23(12)20-13/h4-5,9-11H,2-3,6-8H2,1H3. The van der Waals surface area contributed by atoms with Crippen molar-refractivity contribution in [3.8, 4) is 0 Å². The van der Waals surface area contributed by atoms with Gasteiger partial charge in [0.2, 0.25) is 5.89 Å². The predicted octanol–water partition coefficient (Wildman–Crippen LogP) is 0.705. The average Bonchev–Trinajstić information content (AvgIpc) is 3.08. The van der Waals surface area contributed by atoms with Gasteiger partial charge >= 0.3 is 0 Å². The van der Waals surface area contributed by atoms with Gasteiger partial charge in [0.25, 0.3) is 0 Å². The van der Waals surface area contributed by atoms with Gasteiger partial charge < -0.3 is 9.42 Å². The van der Waals surface area contributed by atoms with Gasteiger partial charge in [-0.25, -0.2) is 0 Å². The summed E-state index contributed by atoms with van der Waals surface area (Å²) < 4.78 is 6.97. The van der Waals surface area contributed by atoms with Gasteiger partial charge in [-0.1, -0.05) is 5.16 Å². The van der Waals surface area contributed by atoms with Gasteiger partial charge in [-0.3, -0.25) is 4.90 Å². The summed E-state index contributed by atoms with van der Waals surface area (Å²) in [5.74, 6) is 3.16. The maximum Gasteiger partial charge on any atom is 0.240 e. The lowest BCUT2D eigenvalue weighted by Crippen LogP contribution is -2.58. The third-order valence-electron chi connectivity index (χ3n) is 4.82. The van der Waals surface area contributed by atoms with Gasteiger partial charge in [0, 0.05) is 25.0 Å². The van der Waals surface area contributed by atoms with E-state index in [4.69, 9.17) is 9.62 Å². The van der Waals surface area contributed by atoms with Crippen LogP contribution in [0.1, 0.15) is 30.5 Å². The molecule has 0 atom stereocenters. The Morgan fingerprint density at radius 3 is 2.88 bits per heavy atom. The first-order chi connectivity index (χ1) is 11.8. The van der Waals surface area contributed by atoms with Gasteiger partial charge in [-0.15, -0.1) is 15.3 Å². The Labute approximate surface area is 138 Å². The number of aromatic nitrogens is 6. The molecule has 0 spiro atoms. The van der Waals surface area contributed by atoms with Crippen molar-refractivity contribution in [1.82, 2.24) is 34.9 Å². The maximum atomic E-state index is 5.07. The van der Waals surface area contributed by atoms with Crippen LogP contribution in [0.15, 0.2) is 23.0 Å². The molecule has 0 radical (unpaired) electrons. The van der Waals surface area contributed by atoms with Crippen LogP contribution in [0, 0.1) is 0 Å². The van der Waals surface area contributed by atoms with E-state index >= 15 is 0 Å². The summed E-state index contributed by atoms with van der Waals surface area (Å²) in [5, 5.41) is 16.9. The van der Waals surface area contributed by atoms with Crippen LogP contribution in [0.4, 0.5) is 5.82 Å². The van der Waals surface area contributed by atoms with Crippen molar-refractivity contribution in [3.63, 3.8) is 0 Å². The van der Waals surface area contributed by atoms with Crippen LogP contribution in [0.2, 0.25) is 0 Å². The van der Waals surface area contributed by atoms with Crippen molar-refractivity contribution < 1.29 is 4.52 Å². The molecule has 124 valence electrons. The molecule has 3 aromatic heterocycles. The first-order valence-electron chi connectivity index (χ1n) is 8.21. The van der Waals surface area contributed by atoms with Crippen molar-refractivity contribution in [3.05, 3.63) is 30.2 Å². The monoisotopic (exact) mass is 326 g/mol. The minimum absolute atomic E-state index is 0.457. The second-order valence-electron chi connectivity index (χ2n) is 6.60. The van der Waals surface area contributed by atoms with Gasteiger partial charge in [0.1, 0.15) is 5.82 Å². The van der Waals surface area contributed by atoms with Crippen LogP contribution in [-0.2, 0) is 6.54 Å². The van der Waals surface area contributed by atoms with Gasteiger partial charge in [0.05, 0.1) is 6.54 Å². The van der Waals surface area contributed by atoms with Crippen LogP contribution in [0.25, 0.3) is 5.65 Å². The molecular weight excluding hydrogens is 308 g/mol. The molecule has 4 heterocycles. The Balaban J connectivity index is 1.28. The van der Waals surface area contributed by atoms with E-state index in [9.17, 15) is 0 Å². The molecule has 0 amide bonds. The lowest BCUT2D eigenvalue weighted by Gasteiger charge is -2.44. The largest absolute Gasteiger partial charge is 0.352 e. The van der Waals surface area contributed by atoms with Gasteiger partial charge in [-0.2, -0.15) is 9.50 Å². The predicted molar refractivity (Wildman–Crippen MR) is 84.5 cm³/mol. The zero-order valence-electron chi connectivity index (χ0n) is 13.4. The fourth-order valence-corrected chi connectivity index (χ4v) is 3.09. The molecule has 9 nitrogen and oxygen atoms in total. The number of fused-ring (bicyclic) bond motifs is 1. The van der Waals surface area contributed by atoms with Crippen LogP contribution in [-0.4, -0.2) is 61.0 Å². The zero-order valence-corrected chi connectivity index (χ0v) is 13.4. The molecule has 1 aliphatic heterocycles. The Bertz CT molecular complexity index is 850. The molecule has 3 aromatic rings. The molecular formula is C15H18N8O. The lowest BCUT2D eigenvalue weighted by atomic mass is 10.1. The molecule has 24 heavy (non-hydrogen) atoms. The highest BCUT2D eigenvalue weighted by molar-refractivity contribution is 5.48. The minimum Gasteiger partial charge on any atom is -0.352 e. The first-order valence-corrected chi connectivity index (χ1v) is 8.21. The molecule has 0 unspecified atom stereocenters. The van der Waals surface area contributed by atoms with E-state index in [1.807, 2.05) is 16.6 Å². The molecule has 0 bridgehead atoms. The smallest absolute Gasteiger partial charge is 0.240 e. The van der Waals surface area contributed by atoms with E-state index in [0.29, 0.717) is 24.4 Å². The topological polar surface area (TPSA) is 88.5 Å². The number of nitrogens with zero attached hydrogens (tertiary/aromatic N) is 8. The molecule has 2 aliphatic rings. The summed E-state index contributed by atoms with van der Waals surface area (Å²) in [5.41, 5.74) is 0.825. The van der Waals surface area contributed by atoms with Gasteiger partial charge in [-0.05, 0) is 32.0 Å². The van der Waals surface area contributed by atoms with Crippen molar-refractivity contribution >= 4 is 11.5 Å². The molecule has 0 N–H and O–H groups in total. The quantitative estimate of drug-likeness (QED) is 0.677. The maximum absolute atomic E-state index is 5.07. The Kier molecular flexibility index (Phi) is 3.02. The van der Waals surface area contributed by atoms with Crippen LogP contribution < -0.4 is 4.90 Å². The van der Waals surface area contributed by atoms with Crippen molar-refractivity contribution in [2.24, 2.45) is 0 Å². The second-order valence-corrected chi connectivity index (χ2v) is 6.60. The van der Waals surface area contributed by atoms with Crippen LogP contribution >= 0.6 is 0 Å². The highest BCUT2D eigenvalue weighted by Crippen LogP contribution is 2.38. The summed E-state index contributed by atoms with van der Waals surface area (Å²) in [6.07, 6.45) is 3.82. The van der Waals surface area contributed by atoms with E-state index in [2.05, 4.69) is 37.2 Å². The number of likely N-dealkylation sites (N-methyl/N-ethyl adjacent to an activating group) is 1. The third kappa shape index (κ3) is 2.32. The van der Waals surface area contributed by atoms with E-state index in [1.165, 1.54) is 19.2 Å². The average molecular weight is 326 g/mol. The highest BCUT2D eigenvalue weighted by Gasteiger charge is 2.33. The lowest BCUT2D eigenvalue weighted by molar-refractivity contribution is 0.174. The van der Waals surface area contributed by atoms with Crippen molar-refractivity contribution in [1.29, 1.82) is 0 Å². The normalized spacial score (nSPS) is 18.5. The van der Waals surface area contributed by atoms with E-state index in [1.54, 1.807) is 0 Å². The Hall–Kier alpha value is -2.55. The minimum atomic E-state index is 0.457. The Morgan fingerprint density at radius 1 is 1.25 bits per heavy atom. The molecule has 0 aromatic carbocycles. The molecule has 9 heteroatoms. The van der Waals surface area contributed by atoms with E-state index < -0.39 is 0 Å². The van der Waals surface area contributed by atoms with E-state index in [-0.39, 0.29) is 0 Å². The summed E-state index contributed by atoms with van der Waals surface area (Å²) in [6.45, 7) is 2.54. The molecule has 5 rings (SSSR count).